The van der Waals surface area contributed by atoms with Gasteiger partial charge < -0.3 is 30.9 Å². The van der Waals surface area contributed by atoms with Gasteiger partial charge in [0.25, 0.3) is 5.91 Å². The molecule has 10 nitrogen and oxygen atoms in total. The first-order valence-electron chi connectivity index (χ1n) is 13.8. The van der Waals surface area contributed by atoms with E-state index in [1.165, 1.54) is 12.1 Å². The van der Waals surface area contributed by atoms with Gasteiger partial charge in [-0.25, -0.2) is 13.8 Å². The number of pyridine rings is 1. The number of anilines is 4. The zero-order chi connectivity index (χ0) is 29.2. The summed E-state index contributed by atoms with van der Waals surface area (Å²) >= 11 is 1.07. The highest BCUT2D eigenvalue weighted by Gasteiger charge is 2.22. The lowest BCUT2D eigenvalue weighted by Gasteiger charge is -2.34. The first-order chi connectivity index (χ1) is 20.3. The topological polar surface area (TPSA) is 124 Å². The minimum absolute atomic E-state index is 0.168. The molecule has 1 amide bonds. The second kappa shape index (κ2) is 12.1. The fraction of sp³-hybridized carbons (Fsp3) is 0.345. The Morgan fingerprint density at radius 3 is 2.55 bits per heavy atom. The van der Waals surface area contributed by atoms with Crippen LogP contribution < -0.4 is 21.3 Å². The number of aromatic amines is 1. The van der Waals surface area contributed by atoms with Crippen molar-refractivity contribution in [2.75, 3.05) is 67.7 Å². The molecule has 0 aliphatic carbocycles. The van der Waals surface area contributed by atoms with Crippen molar-refractivity contribution in [2.24, 2.45) is 0 Å². The number of nitrogens with zero attached hydrogens (tertiary/aromatic N) is 4. The Morgan fingerprint density at radius 1 is 1.07 bits per heavy atom. The summed E-state index contributed by atoms with van der Waals surface area (Å²) in [6.07, 6.45) is 1.71. The molecular formula is C29H32F2N8O2S. The van der Waals surface area contributed by atoms with Gasteiger partial charge in [-0.2, -0.15) is 5.10 Å². The Morgan fingerprint density at radius 2 is 1.81 bits per heavy atom. The highest BCUT2D eigenvalue weighted by Crippen LogP contribution is 2.36. The summed E-state index contributed by atoms with van der Waals surface area (Å²) in [4.78, 5) is 23.5. The largest absolute Gasteiger partial charge is 0.383 e. The predicted molar refractivity (Wildman–Crippen MR) is 160 cm³/mol. The first kappa shape index (κ1) is 28.2. The minimum atomic E-state index is -0.690. The molecule has 2 fully saturated rings. The van der Waals surface area contributed by atoms with Crippen LogP contribution in [0.2, 0.25) is 0 Å². The smallest absolute Gasteiger partial charge is 0.258 e. The molecule has 13 heteroatoms. The van der Waals surface area contributed by atoms with Crippen LogP contribution in [0.15, 0.2) is 52.3 Å². The number of ether oxygens (including phenoxy) is 1. The van der Waals surface area contributed by atoms with Crippen molar-refractivity contribution in [3.8, 4) is 0 Å². The number of H-pyrrole nitrogens is 1. The summed E-state index contributed by atoms with van der Waals surface area (Å²) in [5.41, 5.74) is 8.81. The predicted octanol–water partition coefficient (Wildman–Crippen LogP) is 4.56. The fourth-order valence-electron chi connectivity index (χ4n) is 5.18. The normalized spacial score (nSPS) is 16.6. The van der Waals surface area contributed by atoms with Crippen molar-refractivity contribution in [1.82, 2.24) is 20.1 Å². The Labute approximate surface area is 246 Å². The molecule has 0 radical (unpaired) electrons. The molecule has 2 aliphatic heterocycles. The van der Waals surface area contributed by atoms with E-state index in [1.807, 2.05) is 18.2 Å². The minimum Gasteiger partial charge on any atom is -0.383 e. The van der Waals surface area contributed by atoms with E-state index in [9.17, 15) is 13.6 Å². The van der Waals surface area contributed by atoms with Gasteiger partial charge in [-0.3, -0.25) is 9.89 Å². The monoisotopic (exact) mass is 594 g/mol. The molecule has 42 heavy (non-hydrogen) atoms. The number of hydrogen-bond donors (Lipinski definition) is 4. The van der Waals surface area contributed by atoms with Gasteiger partial charge in [0.1, 0.15) is 17.5 Å². The number of amides is 1. The van der Waals surface area contributed by atoms with Crippen LogP contribution in [0.5, 0.6) is 0 Å². The zero-order valence-corrected chi connectivity index (χ0v) is 23.9. The highest BCUT2D eigenvalue weighted by molar-refractivity contribution is 7.99. The van der Waals surface area contributed by atoms with Crippen LogP contribution in [-0.4, -0.2) is 78.5 Å². The highest BCUT2D eigenvalue weighted by atomic mass is 32.2. The number of rotatable bonds is 7. The van der Waals surface area contributed by atoms with E-state index in [-0.39, 0.29) is 23.6 Å². The average molecular weight is 595 g/mol. The van der Waals surface area contributed by atoms with E-state index in [1.54, 1.807) is 6.07 Å². The maximum absolute atomic E-state index is 13.8. The summed E-state index contributed by atoms with van der Waals surface area (Å²) < 4.78 is 33.0. The molecule has 0 atom stereocenters. The third-order valence-electron chi connectivity index (χ3n) is 7.54. The quantitative estimate of drug-likeness (QED) is 0.244. The van der Waals surface area contributed by atoms with E-state index in [4.69, 9.17) is 10.5 Å². The number of benzene rings is 2. The Bertz CT molecular complexity index is 1580. The molecule has 2 aliphatic rings. The molecule has 4 heterocycles. The molecule has 220 valence electrons. The second-order valence-corrected chi connectivity index (χ2v) is 11.7. The van der Waals surface area contributed by atoms with Gasteiger partial charge in [-0.05, 0) is 56.3 Å². The maximum atomic E-state index is 13.8. The molecule has 6 rings (SSSR count). The lowest BCUT2D eigenvalue weighted by atomic mass is 10.1. The van der Waals surface area contributed by atoms with Gasteiger partial charge in [-0.15, -0.1) is 0 Å². The van der Waals surface area contributed by atoms with Crippen LogP contribution in [0.1, 0.15) is 23.2 Å². The zero-order valence-electron chi connectivity index (χ0n) is 23.1. The van der Waals surface area contributed by atoms with Gasteiger partial charge >= 0.3 is 0 Å². The van der Waals surface area contributed by atoms with Crippen LogP contribution in [0.4, 0.5) is 31.8 Å². The van der Waals surface area contributed by atoms with Crippen molar-refractivity contribution in [1.29, 1.82) is 0 Å². The van der Waals surface area contributed by atoms with Gasteiger partial charge in [0.15, 0.2) is 11.5 Å². The number of hydrogen-bond acceptors (Lipinski definition) is 9. The van der Waals surface area contributed by atoms with E-state index in [0.717, 1.165) is 68.2 Å². The number of carbonyl (C=O) groups is 1. The Kier molecular flexibility index (Phi) is 8.13. The van der Waals surface area contributed by atoms with Crippen LogP contribution in [0.3, 0.4) is 0 Å². The number of likely N-dealkylation sites (N-methyl/N-ethyl adjacent to an activating group) is 1. The number of piperazine rings is 1. The third-order valence-corrected chi connectivity index (χ3v) is 8.56. The lowest BCUT2D eigenvalue weighted by Crippen LogP contribution is -2.44. The number of nitrogens with one attached hydrogen (secondary N) is 3. The number of fused-ring (bicyclic) bond motifs is 1. The van der Waals surface area contributed by atoms with Gasteiger partial charge in [-0.1, -0.05) is 11.8 Å². The molecule has 0 saturated carbocycles. The van der Waals surface area contributed by atoms with E-state index >= 15 is 0 Å². The summed E-state index contributed by atoms with van der Waals surface area (Å²) in [6, 6.07) is 11.0. The third kappa shape index (κ3) is 6.27. The molecule has 2 saturated heterocycles. The molecule has 2 aromatic carbocycles. The van der Waals surface area contributed by atoms with Crippen molar-refractivity contribution in [3.63, 3.8) is 0 Å². The van der Waals surface area contributed by atoms with Crippen LogP contribution in [-0.2, 0) is 4.74 Å². The summed E-state index contributed by atoms with van der Waals surface area (Å²) in [5, 5.41) is 14.1. The summed E-state index contributed by atoms with van der Waals surface area (Å²) in [7, 11) is 2.12. The standard InChI is InChI=1S/C29H32F2N8O2S/c1-38-6-8-39(9-7-38)20-2-3-22(24(15-20)33-19-4-10-41-11-5-19)29(40)35-28-23-16-25(26(32)34-27(23)36-37-28)42-21-13-17(30)12-18(31)14-21/h2-3,12-16,19,33H,4-11H2,1H3,(H4,32,34,35,36,37,40). The number of nitrogen functional groups attached to an aromatic ring is 1. The molecule has 4 aromatic rings. The van der Waals surface area contributed by atoms with Crippen molar-refractivity contribution < 1.29 is 18.3 Å². The van der Waals surface area contributed by atoms with E-state index in [0.29, 0.717) is 39.6 Å². The van der Waals surface area contributed by atoms with Crippen LogP contribution in [0, 0.1) is 11.6 Å². The molecule has 0 bridgehead atoms. The number of nitrogens with two attached hydrogens (primary N) is 1. The van der Waals surface area contributed by atoms with Gasteiger partial charge in [0.2, 0.25) is 0 Å². The SMILES string of the molecule is CN1CCN(c2ccc(C(=O)Nc3n[nH]c4nc(N)c(Sc5cc(F)cc(F)c5)cc34)c(NC3CCOCC3)c2)CC1. The molecule has 0 unspecified atom stereocenters. The molecular weight excluding hydrogens is 562 g/mol. The van der Waals surface area contributed by atoms with E-state index in [2.05, 4.69) is 42.7 Å². The first-order valence-corrected chi connectivity index (χ1v) is 14.7. The Hall–Kier alpha value is -3.94. The van der Waals surface area contributed by atoms with Crippen LogP contribution in [0.25, 0.3) is 11.0 Å². The Balaban J connectivity index is 1.27. The molecule has 0 spiro atoms. The molecule has 5 N–H and O–H groups in total. The van der Waals surface area contributed by atoms with Crippen molar-refractivity contribution in [3.05, 3.63) is 59.7 Å². The van der Waals surface area contributed by atoms with Crippen molar-refractivity contribution in [2.45, 2.75) is 28.7 Å². The summed E-state index contributed by atoms with van der Waals surface area (Å²) in [5.74, 6) is -1.27. The van der Waals surface area contributed by atoms with Gasteiger partial charge in [0.05, 0.1) is 15.8 Å². The summed E-state index contributed by atoms with van der Waals surface area (Å²) in [6.45, 7) is 5.13. The fourth-order valence-corrected chi connectivity index (χ4v) is 6.11. The number of carbonyl (C=O) groups excluding carboxylic acids is 1. The maximum Gasteiger partial charge on any atom is 0.258 e. The molecule has 2 aromatic heterocycles. The second-order valence-electron chi connectivity index (χ2n) is 10.6. The lowest BCUT2D eigenvalue weighted by molar-refractivity contribution is 0.0904. The van der Waals surface area contributed by atoms with Crippen molar-refractivity contribution >= 4 is 51.7 Å². The number of aromatic nitrogens is 3. The van der Waals surface area contributed by atoms with Crippen LogP contribution >= 0.6 is 11.8 Å². The number of halogens is 2. The average Bonchev–Trinajstić information content (AvgIpc) is 3.34. The van der Waals surface area contributed by atoms with E-state index < -0.39 is 11.6 Å². The van der Waals surface area contributed by atoms with Gasteiger partial charge in [0, 0.05) is 67.8 Å².